The van der Waals surface area contributed by atoms with Gasteiger partial charge in [0.2, 0.25) is 5.91 Å². The first-order chi connectivity index (χ1) is 9.43. The van der Waals surface area contributed by atoms with Gasteiger partial charge in [0.15, 0.2) is 0 Å². The standard InChI is InChI=1S/C13H18ClNO3S2/c1-3-15(6-9(2)13(17)18)12(16)8-19-7-10-4-5-11(14)20-10/h4-5,9H,3,6-8H2,1-2H3,(H,17,18). The molecular formula is C13H18ClNO3S2. The Kier molecular flexibility index (Phi) is 7.40. The van der Waals surface area contributed by atoms with Gasteiger partial charge in [-0.2, -0.15) is 0 Å². The highest BCUT2D eigenvalue weighted by molar-refractivity contribution is 7.99. The summed E-state index contributed by atoms with van der Waals surface area (Å²) in [5.41, 5.74) is 0. The van der Waals surface area contributed by atoms with Crippen molar-refractivity contribution < 1.29 is 14.7 Å². The highest BCUT2D eigenvalue weighted by Gasteiger charge is 2.19. The van der Waals surface area contributed by atoms with Crippen molar-refractivity contribution in [2.45, 2.75) is 19.6 Å². The molecule has 0 aromatic carbocycles. The molecule has 1 amide bonds. The molecule has 0 bridgehead atoms. The molecule has 1 aromatic rings. The molecule has 0 aliphatic rings. The molecule has 0 aliphatic heterocycles. The second-order valence-corrected chi connectivity index (χ2v) is 7.16. The molecule has 1 rings (SSSR count). The van der Waals surface area contributed by atoms with Crippen LogP contribution < -0.4 is 0 Å². The minimum Gasteiger partial charge on any atom is -0.481 e. The zero-order valence-corrected chi connectivity index (χ0v) is 13.9. The maximum atomic E-state index is 12.0. The van der Waals surface area contributed by atoms with E-state index in [0.717, 1.165) is 15.0 Å². The Morgan fingerprint density at radius 3 is 2.70 bits per heavy atom. The molecule has 112 valence electrons. The second-order valence-electron chi connectivity index (χ2n) is 4.37. The fraction of sp³-hybridized carbons (Fsp3) is 0.538. The van der Waals surface area contributed by atoms with E-state index in [1.807, 2.05) is 19.1 Å². The van der Waals surface area contributed by atoms with E-state index in [1.54, 1.807) is 11.8 Å². The molecule has 1 aromatic heterocycles. The van der Waals surface area contributed by atoms with Crippen LogP contribution >= 0.6 is 34.7 Å². The lowest BCUT2D eigenvalue weighted by Gasteiger charge is -2.22. The van der Waals surface area contributed by atoms with Gasteiger partial charge in [-0.25, -0.2) is 0 Å². The van der Waals surface area contributed by atoms with Crippen LogP contribution in [0, 0.1) is 5.92 Å². The summed E-state index contributed by atoms with van der Waals surface area (Å²) in [5, 5.41) is 8.88. The van der Waals surface area contributed by atoms with Crippen molar-refractivity contribution in [3.05, 3.63) is 21.3 Å². The van der Waals surface area contributed by atoms with E-state index in [2.05, 4.69) is 0 Å². The van der Waals surface area contributed by atoms with E-state index in [4.69, 9.17) is 16.7 Å². The number of halogens is 1. The van der Waals surface area contributed by atoms with Crippen molar-refractivity contribution in [3.63, 3.8) is 0 Å². The first-order valence-electron chi connectivity index (χ1n) is 6.26. The van der Waals surface area contributed by atoms with Gasteiger partial charge in [0, 0.05) is 23.7 Å². The Morgan fingerprint density at radius 2 is 2.20 bits per heavy atom. The van der Waals surface area contributed by atoms with Gasteiger partial charge in [-0.05, 0) is 19.1 Å². The highest BCUT2D eigenvalue weighted by atomic mass is 35.5. The van der Waals surface area contributed by atoms with E-state index >= 15 is 0 Å². The van der Waals surface area contributed by atoms with Gasteiger partial charge in [-0.1, -0.05) is 18.5 Å². The summed E-state index contributed by atoms with van der Waals surface area (Å²) < 4.78 is 0.748. The van der Waals surface area contributed by atoms with Crippen molar-refractivity contribution in [1.29, 1.82) is 0 Å². The number of carboxylic acids is 1. The molecule has 1 heterocycles. The summed E-state index contributed by atoms with van der Waals surface area (Å²) >= 11 is 8.87. The van der Waals surface area contributed by atoms with Crippen LogP contribution in [0.2, 0.25) is 4.34 Å². The summed E-state index contributed by atoms with van der Waals surface area (Å²) in [6.07, 6.45) is 0. The number of carbonyl (C=O) groups excluding carboxylic acids is 1. The van der Waals surface area contributed by atoms with Crippen LogP contribution in [0.4, 0.5) is 0 Å². The zero-order chi connectivity index (χ0) is 15.1. The first kappa shape index (κ1) is 17.3. The SMILES string of the molecule is CCN(CC(C)C(=O)O)C(=O)CSCc1ccc(Cl)s1. The second kappa shape index (κ2) is 8.54. The summed E-state index contributed by atoms with van der Waals surface area (Å²) in [4.78, 5) is 25.6. The van der Waals surface area contributed by atoms with Gasteiger partial charge in [0.25, 0.3) is 0 Å². The van der Waals surface area contributed by atoms with E-state index in [0.29, 0.717) is 12.3 Å². The lowest BCUT2D eigenvalue weighted by atomic mass is 10.2. The van der Waals surface area contributed by atoms with Crippen LogP contribution in [0.25, 0.3) is 0 Å². The van der Waals surface area contributed by atoms with Crippen LogP contribution in [-0.2, 0) is 15.3 Å². The average Bonchev–Trinajstić information content (AvgIpc) is 2.81. The lowest BCUT2D eigenvalue weighted by molar-refractivity contribution is -0.142. The topological polar surface area (TPSA) is 57.6 Å². The van der Waals surface area contributed by atoms with Crippen LogP contribution in [0.5, 0.6) is 0 Å². The van der Waals surface area contributed by atoms with Gasteiger partial charge in [-0.3, -0.25) is 9.59 Å². The van der Waals surface area contributed by atoms with Crippen LogP contribution in [-0.4, -0.2) is 40.7 Å². The van der Waals surface area contributed by atoms with Gasteiger partial charge in [-0.15, -0.1) is 23.1 Å². The minimum atomic E-state index is -0.878. The Balaban J connectivity index is 2.37. The predicted octanol–water partition coefficient (Wildman–Crippen LogP) is 3.20. The molecule has 0 saturated carbocycles. The van der Waals surface area contributed by atoms with Crippen molar-refractivity contribution >= 4 is 46.6 Å². The van der Waals surface area contributed by atoms with Gasteiger partial charge in [0.05, 0.1) is 16.0 Å². The molecule has 1 N–H and O–H groups in total. The lowest BCUT2D eigenvalue weighted by Crippen LogP contribution is -2.37. The van der Waals surface area contributed by atoms with E-state index in [1.165, 1.54) is 23.1 Å². The summed E-state index contributed by atoms with van der Waals surface area (Å²) in [5.74, 6) is -0.337. The largest absolute Gasteiger partial charge is 0.481 e. The summed E-state index contributed by atoms with van der Waals surface area (Å²) in [6.45, 7) is 4.26. The third-order valence-corrected chi connectivity index (χ3v) is 5.13. The quantitative estimate of drug-likeness (QED) is 0.792. The molecule has 0 aliphatic carbocycles. The number of amides is 1. The molecule has 7 heteroatoms. The molecule has 20 heavy (non-hydrogen) atoms. The average molecular weight is 336 g/mol. The highest BCUT2D eigenvalue weighted by Crippen LogP contribution is 2.25. The fourth-order valence-corrected chi connectivity index (χ4v) is 3.70. The number of carboxylic acid groups (broad SMARTS) is 1. The van der Waals surface area contributed by atoms with Gasteiger partial charge in [0.1, 0.15) is 0 Å². The Morgan fingerprint density at radius 1 is 1.50 bits per heavy atom. The number of thiophene rings is 1. The number of carbonyl (C=O) groups is 2. The van der Waals surface area contributed by atoms with Crippen LogP contribution in [0.15, 0.2) is 12.1 Å². The number of rotatable bonds is 8. The normalized spacial score (nSPS) is 12.2. The molecule has 0 saturated heterocycles. The van der Waals surface area contributed by atoms with E-state index in [-0.39, 0.29) is 12.5 Å². The number of thioether (sulfide) groups is 1. The van der Waals surface area contributed by atoms with Crippen molar-refractivity contribution in [1.82, 2.24) is 4.90 Å². The third-order valence-electron chi connectivity index (χ3n) is 2.75. The van der Waals surface area contributed by atoms with Gasteiger partial charge >= 0.3 is 5.97 Å². The Bertz CT molecular complexity index is 464. The maximum Gasteiger partial charge on any atom is 0.308 e. The third kappa shape index (κ3) is 5.73. The summed E-state index contributed by atoms with van der Waals surface area (Å²) in [7, 11) is 0. The van der Waals surface area contributed by atoms with Crippen molar-refractivity contribution in [3.8, 4) is 0 Å². The van der Waals surface area contributed by atoms with Gasteiger partial charge < -0.3 is 10.0 Å². The Labute approximate surface area is 132 Å². The number of nitrogens with zero attached hydrogens (tertiary/aromatic N) is 1. The monoisotopic (exact) mass is 335 g/mol. The van der Waals surface area contributed by atoms with Crippen LogP contribution in [0.1, 0.15) is 18.7 Å². The van der Waals surface area contributed by atoms with Crippen LogP contribution in [0.3, 0.4) is 0 Å². The molecule has 0 spiro atoms. The fourth-order valence-electron chi connectivity index (χ4n) is 1.58. The van der Waals surface area contributed by atoms with E-state index in [9.17, 15) is 9.59 Å². The predicted molar refractivity (Wildman–Crippen MR) is 84.5 cm³/mol. The minimum absolute atomic E-state index is 0.0201. The number of hydrogen-bond acceptors (Lipinski definition) is 4. The molecule has 0 fully saturated rings. The summed E-state index contributed by atoms with van der Waals surface area (Å²) in [6, 6.07) is 3.80. The molecule has 1 unspecified atom stereocenters. The maximum absolute atomic E-state index is 12.0. The molecular weight excluding hydrogens is 318 g/mol. The zero-order valence-electron chi connectivity index (χ0n) is 11.5. The van der Waals surface area contributed by atoms with E-state index < -0.39 is 11.9 Å². The number of hydrogen-bond donors (Lipinski definition) is 1. The molecule has 1 atom stereocenters. The Hall–Kier alpha value is -0.720. The molecule has 4 nitrogen and oxygen atoms in total. The van der Waals surface area contributed by atoms with Crippen molar-refractivity contribution in [2.75, 3.05) is 18.8 Å². The molecule has 0 radical (unpaired) electrons. The van der Waals surface area contributed by atoms with Crippen molar-refractivity contribution in [2.24, 2.45) is 5.92 Å². The smallest absolute Gasteiger partial charge is 0.308 e. The number of aliphatic carboxylic acids is 1. The first-order valence-corrected chi connectivity index (χ1v) is 8.61.